The van der Waals surface area contributed by atoms with E-state index in [1.54, 1.807) is 6.07 Å². The minimum atomic E-state index is -3.73. The lowest BCUT2D eigenvalue weighted by Crippen LogP contribution is -2.51. The van der Waals surface area contributed by atoms with Crippen molar-refractivity contribution in [3.63, 3.8) is 0 Å². The van der Waals surface area contributed by atoms with E-state index in [0.29, 0.717) is 18.8 Å². The fourth-order valence-corrected chi connectivity index (χ4v) is 3.03. The molecule has 1 fully saturated rings. The molecule has 1 saturated carbocycles. The first-order valence-electron chi connectivity index (χ1n) is 5.69. The van der Waals surface area contributed by atoms with Crippen molar-refractivity contribution in [2.75, 3.05) is 0 Å². The van der Waals surface area contributed by atoms with Crippen molar-refractivity contribution in [1.29, 1.82) is 10.5 Å². The summed E-state index contributed by atoms with van der Waals surface area (Å²) in [6, 6.07) is 3.76. The average Bonchev–Trinajstić information content (AvgIpc) is 2.31. The molecular weight excluding hydrogens is 238 g/mol. The number of sulfonamides is 1. The van der Waals surface area contributed by atoms with Crippen molar-refractivity contribution in [3.05, 3.63) is 0 Å². The molecule has 17 heavy (non-hydrogen) atoms. The number of hydrogen-bond donors (Lipinski definition) is 1. The quantitative estimate of drug-likeness (QED) is 0.822. The molecule has 0 saturated heterocycles. The molecule has 1 aliphatic rings. The topological polar surface area (TPSA) is 93.8 Å². The van der Waals surface area contributed by atoms with Crippen LogP contribution in [-0.2, 0) is 10.0 Å². The van der Waals surface area contributed by atoms with Crippen LogP contribution in [0, 0.1) is 28.6 Å². The third-order valence-electron chi connectivity index (χ3n) is 3.33. The largest absolute Gasteiger partial charge is 0.229 e. The molecule has 0 heterocycles. The summed E-state index contributed by atoms with van der Waals surface area (Å²) in [7, 11) is -3.73. The molecule has 1 N–H and O–H groups in total. The van der Waals surface area contributed by atoms with Gasteiger partial charge in [0.1, 0.15) is 5.54 Å². The molecule has 0 aromatic heterocycles. The Morgan fingerprint density at radius 2 is 1.88 bits per heavy atom. The van der Waals surface area contributed by atoms with Gasteiger partial charge in [-0.1, -0.05) is 6.92 Å². The zero-order chi connectivity index (χ0) is 13.1. The summed E-state index contributed by atoms with van der Waals surface area (Å²) in [6.45, 7) is 3.41. The van der Waals surface area contributed by atoms with Gasteiger partial charge in [0.15, 0.2) is 5.25 Å². The van der Waals surface area contributed by atoms with Crippen LogP contribution in [0.2, 0.25) is 0 Å². The van der Waals surface area contributed by atoms with Crippen molar-refractivity contribution in [1.82, 2.24) is 4.72 Å². The lowest BCUT2D eigenvalue weighted by atomic mass is 9.79. The molecule has 0 radical (unpaired) electrons. The summed E-state index contributed by atoms with van der Waals surface area (Å²) >= 11 is 0. The molecule has 0 aromatic rings. The molecule has 1 rings (SSSR count). The van der Waals surface area contributed by atoms with Gasteiger partial charge in [0, 0.05) is 0 Å². The lowest BCUT2D eigenvalue weighted by molar-refractivity contribution is 0.277. The van der Waals surface area contributed by atoms with Gasteiger partial charge in [-0.2, -0.15) is 15.2 Å². The Labute approximate surface area is 102 Å². The monoisotopic (exact) mass is 255 g/mol. The fourth-order valence-electron chi connectivity index (χ4n) is 1.92. The molecule has 0 spiro atoms. The minimum Gasteiger partial charge on any atom is -0.211 e. The Balaban J connectivity index is 2.86. The van der Waals surface area contributed by atoms with Crippen molar-refractivity contribution in [2.45, 2.75) is 50.3 Å². The van der Waals surface area contributed by atoms with Gasteiger partial charge < -0.3 is 0 Å². The van der Waals surface area contributed by atoms with Gasteiger partial charge in [0.2, 0.25) is 10.0 Å². The zero-order valence-electron chi connectivity index (χ0n) is 10.1. The van der Waals surface area contributed by atoms with Gasteiger partial charge in [0.05, 0.1) is 12.1 Å². The first-order valence-corrected chi connectivity index (χ1v) is 7.23. The van der Waals surface area contributed by atoms with Gasteiger partial charge in [-0.25, -0.2) is 8.42 Å². The van der Waals surface area contributed by atoms with Crippen molar-refractivity contribution in [3.8, 4) is 12.1 Å². The maximum Gasteiger partial charge on any atom is 0.229 e. The van der Waals surface area contributed by atoms with Gasteiger partial charge in [0.25, 0.3) is 0 Å². The molecule has 6 heteroatoms. The standard InChI is InChI=1S/C11H17N3O2S/c1-9-3-5-11(8-13,6-4-9)14-17(15,16)10(2)7-12/h9-10,14H,3-6H2,1-2H3. The van der Waals surface area contributed by atoms with Crippen LogP contribution < -0.4 is 4.72 Å². The summed E-state index contributed by atoms with van der Waals surface area (Å²) in [5.74, 6) is 0.523. The number of nitrogens with one attached hydrogen (secondary N) is 1. The first kappa shape index (κ1) is 14.0. The Kier molecular flexibility index (Phi) is 4.13. The van der Waals surface area contributed by atoms with Crippen LogP contribution in [0.4, 0.5) is 0 Å². The van der Waals surface area contributed by atoms with Crippen molar-refractivity contribution < 1.29 is 8.42 Å². The highest BCUT2D eigenvalue weighted by Gasteiger charge is 2.39. The van der Waals surface area contributed by atoms with E-state index in [1.165, 1.54) is 6.92 Å². The van der Waals surface area contributed by atoms with E-state index in [9.17, 15) is 13.7 Å². The number of rotatable bonds is 3. The highest BCUT2D eigenvalue weighted by Crippen LogP contribution is 2.32. The summed E-state index contributed by atoms with van der Waals surface area (Å²) in [4.78, 5) is 0. The number of nitriles is 2. The smallest absolute Gasteiger partial charge is 0.211 e. The second-order valence-electron chi connectivity index (χ2n) is 4.79. The first-order chi connectivity index (χ1) is 7.85. The van der Waals surface area contributed by atoms with Crippen molar-refractivity contribution in [2.24, 2.45) is 5.92 Å². The predicted molar refractivity (Wildman–Crippen MR) is 63.1 cm³/mol. The molecular formula is C11H17N3O2S. The average molecular weight is 255 g/mol. The van der Waals surface area contributed by atoms with Crippen molar-refractivity contribution >= 4 is 10.0 Å². The van der Waals surface area contributed by atoms with Crippen LogP contribution in [0.25, 0.3) is 0 Å². The van der Waals surface area contributed by atoms with Crippen LogP contribution in [0.1, 0.15) is 39.5 Å². The SMILES string of the molecule is CC1CCC(C#N)(NS(=O)(=O)C(C)C#N)CC1. The Morgan fingerprint density at radius 1 is 1.35 bits per heavy atom. The van der Waals surface area contributed by atoms with Crippen LogP contribution >= 0.6 is 0 Å². The fraction of sp³-hybridized carbons (Fsp3) is 0.818. The van der Waals surface area contributed by atoms with Gasteiger partial charge >= 0.3 is 0 Å². The molecule has 5 nitrogen and oxygen atoms in total. The lowest BCUT2D eigenvalue weighted by Gasteiger charge is -2.34. The van der Waals surface area contributed by atoms with Gasteiger partial charge in [-0.3, -0.25) is 0 Å². The third-order valence-corrected chi connectivity index (χ3v) is 5.04. The maximum atomic E-state index is 11.8. The van der Waals surface area contributed by atoms with Gasteiger partial charge in [-0.05, 0) is 38.5 Å². The van der Waals surface area contributed by atoms with E-state index in [0.717, 1.165) is 12.8 Å². The maximum absolute atomic E-state index is 11.8. The zero-order valence-corrected chi connectivity index (χ0v) is 10.9. The Hall–Kier alpha value is -1.11. The number of hydrogen-bond acceptors (Lipinski definition) is 4. The molecule has 0 bridgehead atoms. The minimum absolute atomic E-state index is 0.516. The van der Waals surface area contributed by atoms with Crippen LogP contribution in [0.5, 0.6) is 0 Å². The van der Waals surface area contributed by atoms with E-state index in [-0.39, 0.29) is 0 Å². The molecule has 1 atom stereocenters. The second-order valence-corrected chi connectivity index (χ2v) is 6.80. The van der Waals surface area contributed by atoms with E-state index in [1.807, 2.05) is 0 Å². The van der Waals surface area contributed by atoms with Crippen LogP contribution in [0.3, 0.4) is 0 Å². The Morgan fingerprint density at radius 3 is 2.29 bits per heavy atom. The molecule has 0 aliphatic heterocycles. The highest BCUT2D eigenvalue weighted by molar-refractivity contribution is 7.90. The summed E-state index contributed by atoms with van der Waals surface area (Å²) < 4.78 is 26.0. The van der Waals surface area contributed by atoms with Crippen LogP contribution in [-0.4, -0.2) is 19.2 Å². The normalized spacial score (nSPS) is 31.2. The van der Waals surface area contributed by atoms with E-state index >= 15 is 0 Å². The van der Waals surface area contributed by atoms with E-state index in [2.05, 4.69) is 17.7 Å². The van der Waals surface area contributed by atoms with Crippen LogP contribution in [0.15, 0.2) is 0 Å². The van der Waals surface area contributed by atoms with E-state index < -0.39 is 20.8 Å². The molecule has 0 aromatic carbocycles. The summed E-state index contributed by atoms with van der Waals surface area (Å²) in [6.07, 6.45) is 2.69. The molecule has 1 unspecified atom stereocenters. The second kappa shape index (κ2) is 5.03. The highest BCUT2D eigenvalue weighted by atomic mass is 32.2. The van der Waals surface area contributed by atoms with E-state index in [4.69, 9.17) is 5.26 Å². The van der Waals surface area contributed by atoms with Gasteiger partial charge in [-0.15, -0.1) is 0 Å². The third kappa shape index (κ3) is 3.18. The predicted octanol–water partition coefficient (Wildman–Crippen LogP) is 1.29. The summed E-state index contributed by atoms with van der Waals surface area (Å²) in [5.41, 5.74) is -1.02. The molecule has 0 amide bonds. The number of nitrogens with zero attached hydrogens (tertiary/aromatic N) is 2. The molecule has 94 valence electrons. The Bertz CT molecular complexity index is 450. The molecule has 1 aliphatic carbocycles. The summed E-state index contributed by atoms with van der Waals surface area (Å²) in [5, 5.41) is 16.7.